The average Bonchev–Trinajstić information content (AvgIpc) is 3.12. The average molecular weight is 255 g/mol. The fraction of sp³-hybridized carbons (Fsp3) is 0.462. The zero-order valence-corrected chi connectivity index (χ0v) is 9.99. The topological polar surface area (TPSA) is 49.3 Å². The molecule has 0 spiro atoms. The first-order valence-electron chi connectivity index (χ1n) is 5.89. The number of amides is 1. The standard InChI is InChI=1S/C13H15F2NO2/c1-7(6-17)16-13(18)11-5-9(11)10-4-8(14)2-3-12(10)15/h2-4,7,9,11,17H,5-6H2,1H3,(H,16,18). The van der Waals surface area contributed by atoms with Gasteiger partial charge in [0.1, 0.15) is 11.6 Å². The molecule has 2 N–H and O–H groups in total. The molecule has 0 aromatic heterocycles. The normalized spacial score (nSPS) is 23.6. The number of nitrogens with one attached hydrogen (secondary N) is 1. The van der Waals surface area contributed by atoms with Gasteiger partial charge in [0.05, 0.1) is 6.61 Å². The summed E-state index contributed by atoms with van der Waals surface area (Å²) in [4.78, 5) is 11.7. The quantitative estimate of drug-likeness (QED) is 0.858. The third kappa shape index (κ3) is 2.67. The zero-order valence-electron chi connectivity index (χ0n) is 9.99. The fourth-order valence-electron chi connectivity index (χ4n) is 2.02. The molecule has 0 radical (unpaired) electrons. The van der Waals surface area contributed by atoms with Gasteiger partial charge in [0.2, 0.25) is 5.91 Å². The maximum absolute atomic E-state index is 13.5. The van der Waals surface area contributed by atoms with Gasteiger partial charge < -0.3 is 10.4 Å². The van der Waals surface area contributed by atoms with Crippen molar-refractivity contribution in [3.63, 3.8) is 0 Å². The molecule has 5 heteroatoms. The molecule has 3 nitrogen and oxygen atoms in total. The Morgan fingerprint density at radius 2 is 2.28 bits per heavy atom. The van der Waals surface area contributed by atoms with E-state index in [9.17, 15) is 13.6 Å². The van der Waals surface area contributed by atoms with Crippen molar-refractivity contribution >= 4 is 5.91 Å². The Labute approximate surface area is 104 Å². The first kappa shape index (κ1) is 13.0. The summed E-state index contributed by atoms with van der Waals surface area (Å²) in [5, 5.41) is 11.4. The van der Waals surface area contributed by atoms with Crippen LogP contribution in [-0.2, 0) is 4.79 Å². The number of carbonyl (C=O) groups is 1. The molecule has 3 atom stereocenters. The molecular weight excluding hydrogens is 240 g/mol. The van der Waals surface area contributed by atoms with Gasteiger partial charge in [0, 0.05) is 12.0 Å². The van der Waals surface area contributed by atoms with E-state index in [-0.39, 0.29) is 36.0 Å². The Morgan fingerprint density at radius 3 is 2.94 bits per heavy atom. The van der Waals surface area contributed by atoms with Crippen molar-refractivity contribution in [3.8, 4) is 0 Å². The van der Waals surface area contributed by atoms with Gasteiger partial charge in [-0.25, -0.2) is 8.78 Å². The first-order chi connectivity index (χ1) is 8.52. The molecular formula is C13H15F2NO2. The minimum atomic E-state index is -0.499. The summed E-state index contributed by atoms with van der Waals surface area (Å²) in [7, 11) is 0. The van der Waals surface area contributed by atoms with Crippen LogP contribution in [0.2, 0.25) is 0 Å². The lowest BCUT2D eigenvalue weighted by Crippen LogP contribution is -2.36. The second kappa shape index (κ2) is 5.02. The van der Waals surface area contributed by atoms with Crippen LogP contribution in [0.3, 0.4) is 0 Å². The molecule has 1 aliphatic rings. The summed E-state index contributed by atoms with van der Waals surface area (Å²) in [5.74, 6) is -1.78. The highest BCUT2D eigenvalue weighted by Gasteiger charge is 2.45. The van der Waals surface area contributed by atoms with Crippen LogP contribution in [0.15, 0.2) is 18.2 Å². The maximum atomic E-state index is 13.5. The van der Waals surface area contributed by atoms with Crippen LogP contribution < -0.4 is 5.32 Å². The Bertz CT molecular complexity index is 464. The number of benzene rings is 1. The SMILES string of the molecule is CC(CO)NC(=O)C1CC1c1cc(F)ccc1F. The molecule has 98 valence electrons. The molecule has 3 unspecified atom stereocenters. The third-order valence-electron chi connectivity index (χ3n) is 3.15. The highest BCUT2D eigenvalue weighted by atomic mass is 19.1. The lowest BCUT2D eigenvalue weighted by atomic mass is 10.1. The van der Waals surface area contributed by atoms with Gasteiger partial charge in [-0.15, -0.1) is 0 Å². The number of rotatable bonds is 4. The van der Waals surface area contributed by atoms with Gasteiger partial charge in [0.15, 0.2) is 0 Å². The number of aliphatic hydroxyl groups excluding tert-OH is 1. The van der Waals surface area contributed by atoms with Crippen LogP contribution in [-0.4, -0.2) is 23.7 Å². The van der Waals surface area contributed by atoms with Gasteiger partial charge in [-0.05, 0) is 43.0 Å². The minimum absolute atomic E-state index is 0.141. The fourth-order valence-corrected chi connectivity index (χ4v) is 2.02. The van der Waals surface area contributed by atoms with Crippen molar-refractivity contribution < 1.29 is 18.7 Å². The predicted octanol–water partition coefficient (Wildman–Crippen LogP) is 1.57. The van der Waals surface area contributed by atoms with Gasteiger partial charge >= 0.3 is 0 Å². The molecule has 1 amide bonds. The molecule has 0 heterocycles. The van der Waals surface area contributed by atoms with Gasteiger partial charge in [-0.3, -0.25) is 4.79 Å². The highest BCUT2D eigenvalue weighted by Crippen LogP contribution is 2.48. The molecule has 0 aliphatic heterocycles. The summed E-state index contributed by atoms with van der Waals surface area (Å²) < 4.78 is 26.5. The highest BCUT2D eigenvalue weighted by molar-refractivity contribution is 5.83. The Kier molecular flexibility index (Phi) is 3.61. The summed E-state index contributed by atoms with van der Waals surface area (Å²) in [6, 6.07) is 2.96. The van der Waals surface area contributed by atoms with Crippen LogP contribution in [0.25, 0.3) is 0 Å². The molecule has 1 aromatic carbocycles. The van der Waals surface area contributed by atoms with Crippen molar-refractivity contribution in [2.75, 3.05) is 6.61 Å². The molecule has 2 rings (SSSR count). The summed E-state index contributed by atoms with van der Waals surface area (Å²) >= 11 is 0. The Balaban J connectivity index is 2.02. The van der Waals surface area contributed by atoms with Crippen molar-refractivity contribution in [1.82, 2.24) is 5.32 Å². The molecule has 1 fully saturated rings. The lowest BCUT2D eigenvalue weighted by molar-refractivity contribution is -0.123. The van der Waals surface area contributed by atoms with E-state index in [2.05, 4.69) is 5.32 Å². The van der Waals surface area contributed by atoms with E-state index in [0.717, 1.165) is 18.2 Å². The monoisotopic (exact) mass is 255 g/mol. The Hall–Kier alpha value is -1.49. The second-order valence-electron chi connectivity index (χ2n) is 4.71. The van der Waals surface area contributed by atoms with Crippen molar-refractivity contribution in [2.45, 2.75) is 25.3 Å². The summed E-state index contributed by atoms with van der Waals surface area (Å²) in [6.45, 7) is 1.54. The Morgan fingerprint density at radius 1 is 1.56 bits per heavy atom. The van der Waals surface area contributed by atoms with Crippen LogP contribution in [0.4, 0.5) is 8.78 Å². The van der Waals surface area contributed by atoms with E-state index < -0.39 is 11.6 Å². The molecule has 18 heavy (non-hydrogen) atoms. The van der Waals surface area contributed by atoms with E-state index in [1.165, 1.54) is 0 Å². The molecule has 1 aliphatic carbocycles. The van der Waals surface area contributed by atoms with E-state index >= 15 is 0 Å². The number of aliphatic hydroxyl groups is 1. The molecule has 0 saturated heterocycles. The number of hydrogen-bond acceptors (Lipinski definition) is 2. The van der Waals surface area contributed by atoms with Gasteiger partial charge in [-0.1, -0.05) is 0 Å². The van der Waals surface area contributed by atoms with Crippen molar-refractivity contribution in [1.29, 1.82) is 0 Å². The van der Waals surface area contributed by atoms with Crippen molar-refractivity contribution in [3.05, 3.63) is 35.4 Å². The van der Waals surface area contributed by atoms with Gasteiger partial charge in [-0.2, -0.15) is 0 Å². The number of hydrogen-bond donors (Lipinski definition) is 2. The molecule has 0 bridgehead atoms. The molecule has 1 aromatic rings. The minimum Gasteiger partial charge on any atom is -0.394 e. The largest absolute Gasteiger partial charge is 0.394 e. The van der Waals surface area contributed by atoms with Crippen LogP contribution in [0.5, 0.6) is 0 Å². The zero-order chi connectivity index (χ0) is 13.3. The number of halogens is 2. The van der Waals surface area contributed by atoms with Crippen molar-refractivity contribution in [2.24, 2.45) is 5.92 Å². The summed E-state index contributed by atoms with van der Waals surface area (Å²) in [5.41, 5.74) is 0.256. The van der Waals surface area contributed by atoms with Gasteiger partial charge in [0.25, 0.3) is 0 Å². The van der Waals surface area contributed by atoms with E-state index in [1.807, 2.05) is 0 Å². The number of carbonyl (C=O) groups excluding carboxylic acids is 1. The van der Waals surface area contributed by atoms with Crippen LogP contribution in [0.1, 0.15) is 24.8 Å². The predicted molar refractivity (Wildman–Crippen MR) is 61.9 cm³/mol. The van der Waals surface area contributed by atoms with E-state index in [1.54, 1.807) is 6.92 Å². The van der Waals surface area contributed by atoms with E-state index in [4.69, 9.17) is 5.11 Å². The maximum Gasteiger partial charge on any atom is 0.224 e. The third-order valence-corrected chi connectivity index (χ3v) is 3.15. The second-order valence-corrected chi connectivity index (χ2v) is 4.71. The van der Waals surface area contributed by atoms with Crippen LogP contribution in [0, 0.1) is 17.6 Å². The lowest BCUT2D eigenvalue weighted by Gasteiger charge is -2.10. The first-order valence-corrected chi connectivity index (χ1v) is 5.89. The molecule has 1 saturated carbocycles. The van der Waals surface area contributed by atoms with E-state index in [0.29, 0.717) is 6.42 Å². The van der Waals surface area contributed by atoms with Crippen LogP contribution >= 0.6 is 0 Å². The summed E-state index contributed by atoms with van der Waals surface area (Å²) in [6.07, 6.45) is 0.518. The smallest absolute Gasteiger partial charge is 0.224 e.